The summed E-state index contributed by atoms with van der Waals surface area (Å²) in [6.45, 7) is 2.31. The molecular formula is C22H19FN6O3S. The van der Waals surface area contributed by atoms with E-state index < -0.39 is 5.91 Å². The number of carbonyl (C=O) groups is 2. The number of amides is 2. The number of aryl methyl sites for hydroxylation is 1. The van der Waals surface area contributed by atoms with E-state index in [9.17, 15) is 14.0 Å². The molecule has 0 bridgehead atoms. The van der Waals surface area contributed by atoms with Crippen molar-refractivity contribution in [3.63, 3.8) is 0 Å². The number of rotatable bonds is 8. The monoisotopic (exact) mass is 466 g/mol. The molecule has 0 aliphatic rings. The molecule has 33 heavy (non-hydrogen) atoms. The summed E-state index contributed by atoms with van der Waals surface area (Å²) in [6, 6.07) is 12.2. The summed E-state index contributed by atoms with van der Waals surface area (Å²) in [5.41, 5.74) is 2.63. The van der Waals surface area contributed by atoms with Gasteiger partial charge in [0.25, 0.3) is 11.8 Å². The molecule has 0 saturated carbocycles. The van der Waals surface area contributed by atoms with Crippen molar-refractivity contribution in [3.8, 4) is 5.75 Å². The number of ether oxygens (including phenoxy) is 1. The summed E-state index contributed by atoms with van der Waals surface area (Å²) in [5.74, 6) is -0.600. The average Bonchev–Trinajstić information content (AvgIpc) is 3.46. The topological polar surface area (TPSA) is 122 Å². The third-order valence-corrected chi connectivity index (χ3v) is 5.49. The number of halogens is 1. The lowest BCUT2D eigenvalue weighted by Crippen LogP contribution is -2.23. The predicted octanol–water partition coefficient (Wildman–Crippen LogP) is 3.47. The molecular weight excluding hydrogens is 447 g/mol. The van der Waals surface area contributed by atoms with Crippen LogP contribution < -0.4 is 15.4 Å². The fourth-order valence-corrected chi connectivity index (χ4v) is 3.48. The van der Waals surface area contributed by atoms with Crippen molar-refractivity contribution in [1.29, 1.82) is 0 Å². The van der Waals surface area contributed by atoms with E-state index in [4.69, 9.17) is 4.74 Å². The van der Waals surface area contributed by atoms with E-state index in [-0.39, 0.29) is 23.3 Å². The second kappa shape index (κ2) is 10.0. The molecule has 0 spiro atoms. The standard InChI is InChI=1S/C22H19FN6O3S/c1-13-15(11-25-27-13)10-24-20(30)14-3-2-4-17(9-14)26-21(31)22-29-28-19(33-22)12-32-18-7-5-16(23)6-8-18/h2-9,11H,10,12H2,1H3,(H,24,30)(H,25,27)(H,26,31). The molecule has 2 aromatic carbocycles. The highest BCUT2D eigenvalue weighted by molar-refractivity contribution is 7.13. The summed E-state index contributed by atoms with van der Waals surface area (Å²) in [4.78, 5) is 25.0. The van der Waals surface area contributed by atoms with Crippen LogP contribution in [0.4, 0.5) is 10.1 Å². The lowest BCUT2D eigenvalue weighted by molar-refractivity contribution is 0.0949. The third-order valence-electron chi connectivity index (χ3n) is 4.59. The van der Waals surface area contributed by atoms with Gasteiger partial charge in [-0.3, -0.25) is 14.7 Å². The van der Waals surface area contributed by atoms with Gasteiger partial charge in [-0.15, -0.1) is 10.2 Å². The number of hydrogen-bond acceptors (Lipinski definition) is 7. The Labute approximate surface area is 192 Å². The molecule has 0 saturated heterocycles. The summed E-state index contributed by atoms with van der Waals surface area (Å²) in [6.07, 6.45) is 1.66. The Morgan fingerprint density at radius 2 is 1.94 bits per heavy atom. The fraction of sp³-hybridized carbons (Fsp3) is 0.136. The van der Waals surface area contributed by atoms with Crippen molar-refractivity contribution in [3.05, 3.63) is 87.4 Å². The van der Waals surface area contributed by atoms with Crippen molar-refractivity contribution in [2.45, 2.75) is 20.1 Å². The molecule has 4 aromatic rings. The van der Waals surface area contributed by atoms with Crippen molar-refractivity contribution in [2.75, 3.05) is 5.32 Å². The fourth-order valence-electron chi connectivity index (χ4n) is 2.83. The third kappa shape index (κ3) is 5.77. The molecule has 0 aliphatic carbocycles. The van der Waals surface area contributed by atoms with Crippen LogP contribution in [0.1, 0.15) is 36.4 Å². The van der Waals surface area contributed by atoms with Crippen LogP contribution in [0.2, 0.25) is 0 Å². The van der Waals surface area contributed by atoms with Crippen LogP contribution in [0.5, 0.6) is 5.75 Å². The second-order valence-electron chi connectivity index (χ2n) is 6.98. The van der Waals surface area contributed by atoms with E-state index in [1.807, 2.05) is 6.92 Å². The van der Waals surface area contributed by atoms with Gasteiger partial charge in [0.2, 0.25) is 5.01 Å². The Morgan fingerprint density at radius 1 is 1.12 bits per heavy atom. The van der Waals surface area contributed by atoms with Gasteiger partial charge in [0.1, 0.15) is 18.2 Å². The second-order valence-corrected chi connectivity index (χ2v) is 8.04. The number of hydrogen-bond donors (Lipinski definition) is 3. The zero-order valence-electron chi connectivity index (χ0n) is 17.5. The highest BCUT2D eigenvalue weighted by Gasteiger charge is 2.15. The van der Waals surface area contributed by atoms with Crippen molar-refractivity contribution < 1.29 is 18.7 Å². The van der Waals surface area contributed by atoms with E-state index in [0.29, 0.717) is 28.6 Å². The van der Waals surface area contributed by atoms with E-state index >= 15 is 0 Å². The van der Waals surface area contributed by atoms with Gasteiger partial charge in [0, 0.05) is 29.1 Å². The van der Waals surface area contributed by atoms with Crippen LogP contribution in [0.15, 0.2) is 54.7 Å². The van der Waals surface area contributed by atoms with E-state index in [2.05, 4.69) is 31.0 Å². The Morgan fingerprint density at radius 3 is 2.70 bits per heavy atom. The van der Waals surface area contributed by atoms with Crippen molar-refractivity contribution in [1.82, 2.24) is 25.7 Å². The van der Waals surface area contributed by atoms with E-state index in [1.54, 1.807) is 30.5 Å². The largest absolute Gasteiger partial charge is 0.486 e. The van der Waals surface area contributed by atoms with Gasteiger partial charge in [-0.25, -0.2) is 4.39 Å². The number of aromatic amines is 1. The summed E-state index contributed by atoms with van der Waals surface area (Å²) in [5, 5.41) is 20.8. The molecule has 4 rings (SSSR count). The Kier molecular flexibility index (Phi) is 6.69. The van der Waals surface area contributed by atoms with Crippen molar-refractivity contribution >= 4 is 28.8 Å². The summed E-state index contributed by atoms with van der Waals surface area (Å²) >= 11 is 1.08. The molecule has 0 fully saturated rings. The van der Waals surface area contributed by atoms with Gasteiger partial charge in [0.15, 0.2) is 5.01 Å². The Bertz CT molecular complexity index is 1270. The first-order chi connectivity index (χ1) is 16.0. The Hall–Kier alpha value is -4.12. The lowest BCUT2D eigenvalue weighted by atomic mass is 10.1. The minimum Gasteiger partial charge on any atom is -0.486 e. The van der Waals surface area contributed by atoms with Crippen molar-refractivity contribution in [2.24, 2.45) is 0 Å². The molecule has 0 aliphatic heterocycles. The normalized spacial score (nSPS) is 10.6. The number of nitrogens with zero attached hydrogens (tertiary/aromatic N) is 3. The van der Waals surface area contributed by atoms with Gasteiger partial charge in [-0.05, 0) is 49.4 Å². The minimum absolute atomic E-state index is 0.0996. The Balaban J connectivity index is 1.33. The number of benzene rings is 2. The van der Waals surface area contributed by atoms with Crippen LogP contribution in [-0.4, -0.2) is 32.2 Å². The molecule has 2 heterocycles. The highest BCUT2D eigenvalue weighted by Crippen LogP contribution is 2.18. The van der Waals surface area contributed by atoms with Crippen LogP contribution >= 0.6 is 11.3 Å². The van der Waals surface area contributed by atoms with Gasteiger partial charge < -0.3 is 15.4 Å². The average molecular weight is 466 g/mol. The first-order valence-corrected chi connectivity index (χ1v) is 10.7. The summed E-state index contributed by atoms with van der Waals surface area (Å²) in [7, 11) is 0. The van der Waals surface area contributed by atoms with Gasteiger partial charge >= 0.3 is 0 Å². The van der Waals surface area contributed by atoms with E-state index in [0.717, 1.165) is 22.6 Å². The van der Waals surface area contributed by atoms with Crippen LogP contribution in [0.3, 0.4) is 0 Å². The zero-order chi connectivity index (χ0) is 23.2. The molecule has 2 amide bonds. The number of aromatic nitrogens is 4. The van der Waals surface area contributed by atoms with Gasteiger partial charge in [0.05, 0.1) is 6.20 Å². The number of H-pyrrole nitrogens is 1. The lowest BCUT2D eigenvalue weighted by Gasteiger charge is -2.07. The smallest absolute Gasteiger partial charge is 0.286 e. The maximum Gasteiger partial charge on any atom is 0.286 e. The van der Waals surface area contributed by atoms with Gasteiger partial charge in [-0.1, -0.05) is 17.4 Å². The SMILES string of the molecule is Cc1[nH]ncc1CNC(=O)c1cccc(NC(=O)c2nnc(COc3ccc(F)cc3)s2)c1. The predicted molar refractivity (Wildman–Crippen MR) is 120 cm³/mol. The molecule has 168 valence electrons. The van der Waals surface area contributed by atoms with Crippen LogP contribution in [-0.2, 0) is 13.2 Å². The number of anilines is 1. The van der Waals surface area contributed by atoms with Crippen LogP contribution in [0.25, 0.3) is 0 Å². The molecule has 3 N–H and O–H groups in total. The molecule has 9 nitrogen and oxygen atoms in total. The highest BCUT2D eigenvalue weighted by atomic mass is 32.1. The maximum absolute atomic E-state index is 13.0. The first kappa shape index (κ1) is 22.1. The van der Waals surface area contributed by atoms with Crippen LogP contribution in [0, 0.1) is 12.7 Å². The maximum atomic E-state index is 13.0. The number of carbonyl (C=O) groups excluding carboxylic acids is 2. The quantitative estimate of drug-likeness (QED) is 0.366. The van der Waals surface area contributed by atoms with E-state index in [1.165, 1.54) is 24.3 Å². The molecule has 2 aromatic heterocycles. The number of nitrogens with one attached hydrogen (secondary N) is 3. The molecule has 11 heteroatoms. The molecule has 0 radical (unpaired) electrons. The minimum atomic E-state index is -0.452. The zero-order valence-corrected chi connectivity index (χ0v) is 18.3. The first-order valence-electron chi connectivity index (χ1n) is 9.87. The summed E-state index contributed by atoms with van der Waals surface area (Å²) < 4.78 is 18.5. The molecule has 0 atom stereocenters. The van der Waals surface area contributed by atoms with Gasteiger partial charge in [-0.2, -0.15) is 5.10 Å². The molecule has 0 unspecified atom stereocenters.